The zero-order valence-electron chi connectivity index (χ0n) is 17.9. The van der Waals surface area contributed by atoms with Crippen molar-refractivity contribution in [2.45, 2.75) is 56.4 Å². The van der Waals surface area contributed by atoms with Gasteiger partial charge in [0.25, 0.3) is 0 Å². The zero-order chi connectivity index (χ0) is 21.4. The molecule has 3 aliphatic rings. The van der Waals surface area contributed by atoms with Crippen LogP contribution in [-0.2, 0) is 23.1 Å². The van der Waals surface area contributed by atoms with Crippen molar-refractivity contribution in [3.05, 3.63) is 59.2 Å². The van der Waals surface area contributed by atoms with Gasteiger partial charge in [-0.3, -0.25) is 9.69 Å². The van der Waals surface area contributed by atoms with Crippen LogP contribution in [0, 0.1) is 5.92 Å². The molecule has 31 heavy (non-hydrogen) atoms. The van der Waals surface area contributed by atoms with E-state index >= 15 is 0 Å². The number of fused-ring (bicyclic) bond motifs is 1. The molecule has 3 atom stereocenters. The SMILES string of the molecule is O=C(CBr)Nc1ccc(CCN2CC[C@]34CCCC[C@H]3[C@H]2Cc2ccc(O)cc24)cc1. The number of halogens is 1. The number of phenols is 1. The number of aromatic hydroxyl groups is 1. The lowest BCUT2D eigenvalue weighted by Crippen LogP contribution is -2.61. The van der Waals surface area contributed by atoms with Crippen molar-refractivity contribution in [3.8, 4) is 5.75 Å². The van der Waals surface area contributed by atoms with Gasteiger partial charge in [-0.05, 0) is 85.5 Å². The summed E-state index contributed by atoms with van der Waals surface area (Å²) in [5.74, 6) is 1.11. The van der Waals surface area contributed by atoms with Crippen LogP contribution in [-0.4, -0.2) is 40.4 Å². The molecule has 2 bridgehead atoms. The predicted molar refractivity (Wildman–Crippen MR) is 128 cm³/mol. The van der Waals surface area contributed by atoms with E-state index in [0.29, 0.717) is 23.0 Å². The number of piperidine rings is 1. The molecule has 1 saturated heterocycles. The average molecular weight is 483 g/mol. The fraction of sp³-hybridized carbons (Fsp3) is 0.500. The number of nitrogens with zero attached hydrogens (tertiary/aromatic N) is 1. The summed E-state index contributed by atoms with van der Waals surface area (Å²) in [7, 11) is 0. The molecule has 1 amide bonds. The van der Waals surface area contributed by atoms with Gasteiger partial charge in [0.05, 0.1) is 5.33 Å². The van der Waals surface area contributed by atoms with E-state index in [1.54, 1.807) is 0 Å². The number of alkyl halides is 1. The summed E-state index contributed by atoms with van der Waals surface area (Å²) in [4.78, 5) is 14.3. The minimum absolute atomic E-state index is 0.0251. The predicted octanol–water partition coefficient (Wildman–Crippen LogP) is 5.03. The third-order valence-electron chi connectivity index (χ3n) is 7.98. The Morgan fingerprint density at radius 1 is 1.16 bits per heavy atom. The number of amides is 1. The Morgan fingerprint density at radius 2 is 2.00 bits per heavy atom. The number of hydrogen-bond donors (Lipinski definition) is 2. The Bertz CT molecular complexity index is 960. The van der Waals surface area contributed by atoms with E-state index in [2.05, 4.69) is 50.4 Å². The second-order valence-electron chi connectivity index (χ2n) is 9.54. The molecular formula is C26H31BrN2O2. The molecule has 0 unspecified atom stereocenters. The lowest BCUT2D eigenvalue weighted by atomic mass is 9.52. The fourth-order valence-corrected chi connectivity index (χ4v) is 6.71. The topological polar surface area (TPSA) is 52.6 Å². The van der Waals surface area contributed by atoms with Crippen molar-refractivity contribution in [1.82, 2.24) is 4.90 Å². The van der Waals surface area contributed by atoms with E-state index in [4.69, 9.17) is 0 Å². The minimum Gasteiger partial charge on any atom is -0.508 e. The van der Waals surface area contributed by atoms with Crippen LogP contribution < -0.4 is 5.32 Å². The number of likely N-dealkylation sites (tertiary alicyclic amines) is 1. The van der Waals surface area contributed by atoms with E-state index in [-0.39, 0.29) is 11.3 Å². The molecule has 0 spiro atoms. The molecule has 2 fully saturated rings. The number of carbonyl (C=O) groups excluding carboxylic acids is 1. The van der Waals surface area contributed by atoms with Gasteiger partial charge in [0, 0.05) is 23.7 Å². The molecular weight excluding hydrogens is 452 g/mol. The van der Waals surface area contributed by atoms with Crippen LogP contribution in [0.25, 0.3) is 0 Å². The Balaban J connectivity index is 1.31. The first-order chi connectivity index (χ1) is 15.1. The summed E-state index contributed by atoms with van der Waals surface area (Å²) in [5, 5.41) is 13.4. The highest BCUT2D eigenvalue weighted by Gasteiger charge is 2.53. The Morgan fingerprint density at radius 3 is 2.81 bits per heavy atom. The van der Waals surface area contributed by atoms with Crippen molar-refractivity contribution >= 4 is 27.5 Å². The van der Waals surface area contributed by atoms with Crippen LogP contribution in [0.3, 0.4) is 0 Å². The van der Waals surface area contributed by atoms with Crippen molar-refractivity contribution in [2.24, 2.45) is 5.92 Å². The number of phenolic OH excluding ortho intramolecular Hbond substituents is 1. The highest BCUT2D eigenvalue weighted by molar-refractivity contribution is 9.09. The van der Waals surface area contributed by atoms with Crippen molar-refractivity contribution in [3.63, 3.8) is 0 Å². The van der Waals surface area contributed by atoms with E-state index in [0.717, 1.165) is 31.6 Å². The lowest BCUT2D eigenvalue weighted by molar-refractivity contribution is -0.113. The van der Waals surface area contributed by atoms with Crippen molar-refractivity contribution in [1.29, 1.82) is 0 Å². The minimum atomic E-state index is -0.0251. The lowest BCUT2D eigenvalue weighted by Gasteiger charge is -2.59. The van der Waals surface area contributed by atoms with Crippen LogP contribution >= 0.6 is 15.9 Å². The maximum Gasteiger partial charge on any atom is 0.235 e. The highest BCUT2D eigenvalue weighted by Crippen LogP contribution is 2.56. The quantitative estimate of drug-likeness (QED) is 0.587. The van der Waals surface area contributed by atoms with Crippen LogP contribution in [0.4, 0.5) is 5.69 Å². The summed E-state index contributed by atoms with van der Waals surface area (Å²) in [5.41, 5.74) is 5.36. The third kappa shape index (κ3) is 3.91. The van der Waals surface area contributed by atoms with Gasteiger partial charge in [-0.15, -0.1) is 0 Å². The van der Waals surface area contributed by atoms with E-state index in [1.165, 1.54) is 48.8 Å². The van der Waals surface area contributed by atoms with E-state index in [9.17, 15) is 9.90 Å². The molecule has 2 aliphatic carbocycles. The van der Waals surface area contributed by atoms with Crippen molar-refractivity contribution < 1.29 is 9.90 Å². The van der Waals surface area contributed by atoms with Gasteiger partial charge in [0.15, 0.2) is 0 Å². The van der Waals surface area contributed by atoms with E-state index in [1.807, 2.05) is 18.2 Å². The van der Waals surface area contributed by atoms with Gasteiger partial charge in [-0.25, -0.2) is 0 Å². The van der Waals surface area contributed by atoms with Crippen LogP contribution in [0.2, 0.25) is 0 Å². The molecule has 1 heterocycles. The molecule has 2 aromatic carbocycles. The Kier molecular flexibility index (Phi) is 5.82. The second kappa shape index (κ2) is 8.59. The molecule has 0 radical (unpaired) electrons. The maximum absolute atomic E-state index is 11.5. The van der Waals surface area contributed by atoms with Crippen LogP contribution in [0.5, 0.6) is 5.75 Å². The maximum atomic E-state index is 11.5. The smallest absolute Gasteiger partial charge is 0.235 e. The molecule has 5 heteroatoms. The van der Waals surface area contributed by atoms with Gasteiger partial charge in [-0.1, -0.05) is 47.0 Å². The number of benzene rings is 2. The molecule has 2 aromatic rings. The molecule has 5 rings (SSSR count). The van der Waals surface area contributed by atoms with Crippen LogP contribution in [0.1, 0.15) is 48.8 Å². The third-order valence-corrected chi connectivity index (χ3v) is 8.49. The van der Waals surface area contributed by atoms with Gasteiger partial charge < -0.3 is 10.4 Å². The largest absolute Gasteiger partial charge is 0.508 e. The summed E-state index contributed by atoms with van der Waals surface area (Å²) in [6, 6.07) is 15.0. The zero-order valence-corrected chi connectivity index (χ0v) is 19.5. The monoisotopic (exact) mass is 482 g/mol. The fourth-order valence-electron chi connectivity index (χ4n) is 6.57. The van der Waals surface area contributed by atoms with Crippen molar-refractivity contribution in [2.75, 3.05) is 23.7 Å². The first kappa shape index (κ1) is 21.0. The number of anilines is 1. The molecule has 2 N–H and O–H groups in total. The average Bonchev–Trinajstić information content (AvgIpc) is 2.80. The molecule has 1 saturated carbocycles. The number of nitrogens with one attached hydrogen (secondary N) is 1. The van der Waals surface area contributed by atoms with Gasteiger partial charge in [0.2, 0.25) is 5.91 Å². The molecule has 4 nitrogen and oxygen atoms in total. The number of carbonyl (C=O) groups is 1. The standard InChI is InChI=1S/C26H31BrN2O2/c27-17-25(31)28-20-7-4-18(5-8-20)10-13-29-14-12-26-11-2-1-3-22(26)24(29)15-19-6-9-21(30)16-23(19)26/h4-9,16,22,24,30H,1-3,10-15,17H2,(H,28,31)/t22-,24+,26+/m0/s1. The van der Waals surface area contributed by atoms with E-state index < -0.39 is 0 Å². The summed E-state index contributed by atoms with van der Waals surface area (Å²) < 4.78 is 0. The molecule has 1 aliphatic heterocycles. The normalized spacial score (nSPS) is 27.3. The summed E-state index contributed by atoms with van der Waals surface area (Å²) in [6.45, 7) is 2.23. The summed E-state index contributed by atoms with van der Waals surface area (Å²) >= 11 is 3.18. The first-order valence-corrected chi connectivity index (χ1v) is 12.7. The number of rotatable bonds is 5. The van der Waals surface area contributed by atoms with Gasteiger partial charge in [0.1, 0.15) is 5.75 Å². The highest BCUT2D eigenvalue weighted by atomic mass is 79.9. The Hall–Kier alpha value is -1.85. The molecule has 164 valence electrons. The summed E-state index contributed by atoms with van der Waals surface area (Å²) in [6.07, 6.45) is 8.61. The van der Waals surface area contributed by atoms with Crippen LogP contribution in [0.15, 0.2) is 42.5 Å². The molecule has 0 aromatic heterocycles. The van der Waals surface area contributed by atoms with Gasteiger partial charge >= 0.3 is 0 Å². The second-order valence-corrected chi connectivity index (χ2v) is 10.1. The number of hydrogen-bond acceptors (Lipinski definition) is 3. The first-order valence-electron chi connectivity index (χ1n) is 11.6. The Labute approximate surface area is 193 Å². The van der Waals surface area contributed by atoms with Gasteiger partial charge in [-0.2, -0.15) is 0 Å².